The number of ether oxygens (including phenoxy) is 1. The van der Waals surface area contributed by atoms with Gasteiger partial charge in [-0.25, -0.2) is 4.79 Å². The molecule has 0 radical (unpaired) electrons. The van der Waals surface area contributed by atoms with Gasteiger partial charge in [-0.3, -0.25) is 0 Å². The number of hydrogen-bond acceptors (Lipinski definition) is 4. The van der Waals surface area contributed by atoms with E-state index in [0.29, 0.717) is 23.5 Å². The SMILES string of the molecule is CCOc1ccc2oc(=O)cc(-c3cc4ccccc4o3)c2c1. The molecule has 0 aliphatic rings. The predicted molar refractivity (Wildman–Crippen MR) is 88.9 cm³/mol. The Bertz CT molecular complexity index is 1020. The van der Waals surface area contributed by atoms with E-state index < -0.39 is 5.63 Å². The van der Waals surface area contributed by atoms with Crippen LogP contribution in [-0.2, 0) is 0 Å². The van der Waals surface area contributed by atoms with Gasteiger partial charge in [-0.1, -0.05) is 18.2 Å². The molecule has 4 heteroatoms. The van der Waals surface area contributed by atoms with Gasteiger partial charge in [-0.15, -0.1) is 0 Å². The smallest absolute Gasteiger partial charge is 0.336 e. The first-order chi connectivity index (χ1) is 11.2. The molecular weight excluding hydrogens is 292 g/mol. The highest BCUT2D eigenvalue weighted by Gasteiger charge is 2.13. The average Bonchev–Trinajstić information content (AvgIpc) is 2.98. The molecule has 4 rings (SSSR count). The molecule has 23 heavy (non-hydrogen) atoms. The van der Waals surface area contributed by atoms with Gasteiger partial charge in [0.25, 0.3) is 0 Å². The molecule has 0 bridgehead atoms. The molecule has 0 amide bonds. The van der Waals surface area contributed by atoms with Crippen LogP contribution in [0.25, 0.3) is 33.3 Å². The standard InChI is InChI=1S/C19H14O4/c1-2-21-13-7-8-17-14(10-13)15(11-19(20)23-17)18-9-12-5-3-4-6-16(12)22-18/h3-11H,2H2,1H3. The maximum Gasteiger partial charge on any atom is 0.336 e. The average molecular weight is 306 g/mol. The Morgan fingerprint density at radius 2 is 1.83 bits per heavy atom. The summed E-state index contributed by atoms with van der Waals surface area (Å²) in [6.07, 6.45) is 0. The minimum Gasteiger partial charge on any atom is -0.494 e. The van der Waals surface area contributed by atoms with Gasteiger partial charge in [-0.05, 0) is 37.3 Å². The molecule has 0 saturated carbocycles. The van der Waals surface area contributed by atoms with Crippen LogP contribution in [0.15, 0.2) is 68.2 Å². The van der Waals surface area contributed by atoms with Gasteiger partial charge in [0, 0.05) is 22.4 Å². The lowest BCUT2D eigenvalue weighted by molar-refractivity contribution is 0.340. The lowest BCUT2D eigenvalue weighted by atomic mass is 10.1. The van der Waals surface area contributed by atoms with Crippen molar-refractivity contribution in [3.05, 3.63) is 65.0 Å². The van der Waals surface area contributed by atoms with Crippen LogP contribution in [0.4, 0.5) is 0 Å². The van der Waals surface area contributed by atoms with Crippen molar-refractivity contribution in [2.24, 2.45) is 0 Å². The zero-order valence-corrected chi connectivity index (χ0v) is 12.5. The van der Waals surface area contributed by atoms with Crippen molar-refractivity contribution in [1.82, 2.24) is 0 Å². The Labute approximate surface area is 131 Å². The summed E-state index contributed by atoms with van der Waals surface area (Å²) in [7, 11) is 0. The van der Waals surface area contributed by atoms with Gasteiger partial charge in [0.2, 0.25) is 0 Å². The van der Waals surface area contributed by atoms with Crippen molar-refractivity contribution in [2.75, 3.05) is 6.61 Å². The van der Waals surface area contributed by atoms with Crippen molar-refractivity contribution >= 4 is 21.9 Å². The van der Waals surface area contributed by atoms with Crippen molar-refractivity contribution in [1.29, 1.82) is 0 Å². The van der Waals surface area contributed by atoms with Crippen molar-refractivity contribution in [3.63, 3.8) is 0 Å². The van der Waals surface area contributed by atoms with E-state index in [-0.39, 0.29) is 0 Å². The molecule has 0 saturated heterocycles. The maximum absolute atomic E-state index is 11.9. The van der Waals surface area contributed by atoms with Crippen LogP contribution < -0.4 is 10.4 Å². The van der Waals surface area contributed by atoms with E-state index in [9.17, 15) is 4.79 Å². The molecule has 0 spiro atoms. The quantitative estimate of drug-likeness (QED) is 0.519. The molecule has 0 N–H and O–H groups in total. The summed E-state index contributed by atoms with van der Waals surface area (Å²) >= 11 is 0. The van der Waals surface area contributed by atoms with Crippen LogP contribution in [0.5, 0.6) is 5.75 Å². The number of rotatable bonds is 3. The summed E-state index contributed by atoms with van der Waals surface area (Å²) in [6.45, 7) is 2.50. The number of benzene rings is 2. The molecule has 0 aliphatic heterocycles. The summed E-state index contributed by atoms with van der Waals surface area (Å²) in [4.78, 5) is 11.9. The third kappa shape index (κ3) is 2.38. The van der Waals surface area contributed by atoms with E-state index in [1.807, 2.05) is 43.3 Å². The third-order valence-electron chi connectivity index (χ3n) is 3.72. The summed E-state index contributed by atoms with van der Waals surface area (Å²) < 4.78 is 16.7. The van der Waals surface area contributed by atoms with Crippen LogP contribution in [0.1, 0.15) is 6.92 Å². The lowest BCUT2D eigenvalue weighted by Crippen LogP contribution is -1.98. The van der Waals surface area contributed by atoms with Gasteiger partial charge in [0.15, 0.2) is 0 Å². The second-order valence-electron chi connectivity index (χ2n) is 5.22. The van der Waals surface area contributed by atoms with E-state index in [1.54, 1.807) is 12.1 Å². The zero-order chi connectivity index (χ0) is 15.8. The molecule has 0 unspecified atom stereocenters. The highest BCUT2D eigenvalue weighted by atomic mass is 16.5. The first-order valence-corrected chi connectivity index (χ1v) is 7.44. The van der Waals surface area contributed by atoms with Gasteiger partial charge in [0.05, 0.1) is 6.61 Å². The first-order valence-electron chi connectivity index (χ1n) is 7.44. The topological polar surface area (TPSA) is 52.6 Å². The Hall–Kier alpha value is -3.01. The van der Waals surface area contributed by atoms with Gasteiger partial charge < -0.3 is 13.6 Å². The van der Waals surface area contributed by atoms with Gasteiger partial charge in [0.1, 0.15) is 22.7 Å². The number of fused-ring (bicyclic) bond motifs is 2. The third-order valence-corrected chi connectivity index (χ3v) is 3.72. The summed E-state index contributed by atoms with van der Waals surface area (Å²) in [5.41, 5.74) is 1.59. The minimum atomic E-state index is -0.405. The molecule has 2 aromatic carbocycles. The van der Waals surface area contributed by atoms with Gasteiger partial charge >= 0.3 is 5.63 Å². The van der Waals surface area contributed by atoms with Crippen LogP contribution in [0.3, 0.4) is 0 Å². The maximum atomic E-state index is 11.9. The van der Waals surface area contributed by atoms with Crippen LogP contribution >= 0.6 is 0 Å². The Morgan fingerprint density at radius 3 is 2.65 bits per heavy atom. The van der Waals surface area contributed by atoms with E-state index in [1.165, 1.54) is 6.07 Å². The van der Waals surface area contributed by atoms with Crippen molar-refractivity contribution in [3.8, 4) is 17.1 Å². The summed E-state index contributed by atoms with van der Waals surface area (Å²) in [6, 6.07) is 16.5. The Morgan fingerprint density at radius 1 is 0.957 bits per heavy atom. The predicted octanol–water partition coefficient (Wildman–Crippen LogP) is 4.60. The van der Waals surface area contributed by atoms with E-state index in [2.05, 4.69) is 0 Å². The summed E-state index contributed by atoms with van der Waals surface area (Å²) in [5, 5.41) is 1.78. The molecular formula is C19H14O4. The normalized spacial score (nSPS) is 11.2. The van der Waals surface area contributed by atoms with Crippen LogP contribution in [-0.4, -0.2) is 6.61 Å². The molecule has 0 aliphatic carbocycles. The molecule has 4 nitrogen and oxygen atoms in total. The zero-order valence-electron chi connectivity index (χ0n) is 12.5. The number of hydrogen-bond donors (Lipinski definition) is 0. The molecule has 2 heterocycles. The van der Waals surface area contributed by atoms with E-state index in [4.69, 9.17) is 13.6 Å². The van der Waals surface area contributed by atoms with E-state index >= 15 is 0 Å². The molecule has 2 aromatic heterocycles. The fourth-order valence-corrected chi connectivity index (χ4v) is 2.72. The fourth-order valence-electron chi connectivity index (χ4n) is 2.72. The number of furan rings is 1. The largest absolute Gasteiger partial charge is 0.494 e. The minimum absolute atomic E-state index is 0.405. The van der Waals surface area contributed by atoms with E-state index in [0.717, 1.165) is 22.1 Å². The molecule has 0 fully saturated rings. The number of para-hydroxylation sites is 1. The molecule has 114 valence electrons. The lowest BCUT2D eigenvalue weighted by Gasteiger charge is -2.06. The van der Waals surface area contributed by atoms with Crippen molar-refractivity contribution in [2.45, 2.75) is 6.92 Å². The highest BCUT2D eigenvalue weighted by Crippen LogP contribution is 2.33. The fraction of sp³-hybridized carbons (Fsp3) is 0.105. The first kappa shape index (κ1) is 13.6. The molecule has 0 atom stereocenters. The van der Waals surface area contributed by atoms with Crippen LogP contribution in [0, 0.1) is 0 Å². The highest BCUT2D eigenvalue weighted by molar-refractivity contribution is 5.95. The Kier molecular flexibility index (Phi) is 3.15. The van der Waals surface area contributed by atoms with Crippen LogP contribution in [0.2, 0.25) is 0 Å². The van der Waals surface area contributed by atoms with Gasteiger partial charge in [-0.2, -0.15) is 0 Å². The Balaban J connectivity index is 2.00. The summed E-state index contributed by atoms with van der Waals surface area (Å²) in [5.74, 6) is 1.36. The molecule has 4 aromatic rings. The second kappa shape index (κ2) is 5.32. The monoisotopic (exact) mass is 306 g/mol. The second-order valence-corrected chi connectivity index (χ2v) is 5.22. The van der Waals surface area contributed by atoms with Crippen molar-refractivity contribution < 1.29 is 13.6 Å².